The van der Waals surface area contributed by atoms with Crippen molar-refractivity contribution >= 4 is 17.5 Å². The standard InChI is InChI=1S/C25H19N3O5/c26-14-18-4-1-2-5-21(18)32-16-20-11-12-23(33-20)24(29)27-15-17-7-9-19(10-8-17)28-25(30)22-6-3-13-31-22/h1-13H,15-16H2,(H,27,29)(H,28,30). The molecule has 4 rings (SSSR count). The number of hydrogen-bond acceptors (Lipinski definition) is 6. The lowest BCUT2D eigenvalue weighted by atomic mass is 10.2. The van der Waals surface area contributed by atoms with Crippen LogP contribution < -0.4 is 15.4 Å². The fraction of sp³-hybridized carbons (Fsp3) is 0.0800. The number of nitrogens with one attached hydrogen (secondary N) is 2. The Balaban J connectivity index is 1.27. The highest BCUT2D eigenvalue weighted by Crippen LogP contribution is 2.19. The van der Waals surface area contributed by atoms with Gasteiger partial charge in [-0.15, -0.1) is 0 Å². The molecule has 4 aromatic rings. The van der Waals surface area contributed by atoms with E-state index in [9.17, 15) is 9.59 Å². The minimum absolute atomic E-state index is 0.0944. The van der Waals surface area contributed by atoms with E-state index >= 15 is 0 Å². The van der Waals surface area contributed by atoms with Gasteiger partial charge in [-0.3, -0.25) is 9.59 Å². The first-order valence-corrected chi connectivity index (χ1v) is 10.0. The molecule has 0 spiro atoms. The molecule has 2 amide bonds. The second kappa shape index (κ2) is 10.0. The number of hydrogen-bond donors (Lipinski definition) is 2. The summed E-state index contributed by atoms with van der Waals surface area (Å²) in [5, 5.41) is 14.6. The van der Waals surface area contributed by atoms with E-state index in [0.29, 0.717) is 22.8 Å². The van der Waals surface area contributed by atoms with Gasteiger partial charge in [-0.05, 0) is 54.1 Å². The van der Waals surface area contributed by atoms with Crippen LogP contribution in [0.5, 0.6) is 5.75 Å². The number of furan rings is 2. The predicted molar refractivity (Wildman–Crippen MR) is 118 cm³/mol. The summed E-state index contributed by atoms with van der Waals surface area (Å²) < 4.78 is 16.2. The topological polar surface area (TPSA) is 118 Å². The number of carbonyl (C=O) groups excluding carboxylic acids is 2. The van der Waals surface area contributed by atoms with E-state index in [2.05, 4.69) is 16.7 Å². The molecule has 0 aliphatic heterocycles. The van der Waals surface area contributed by atoms with Gasteiger partial charge in [0.25, 0.3) is 11.8 Å². The molecule has 8 nitrogen and oxygen atoms in total. The smallest absolute Gasteiger partial charge is 0.291 e. The summed E-state index contributed by atoms with van der Waals surface area (Å²) in [6.45, 7) is 0.379. The third-order valence-electron chi connectivity index (χ3n) is 4.67. The van der Waals surface area contributed by atoms with E-state index in [1.807, 2.05) is 0 Å². The van der Waals surface area contributed by atoms with E-state index < -0.39 is 0 Å². The van der Waals surface area contributed by atoms with Gasteiger partial charge < -0.3 is 24.2 Å². The van der Waals surface area contributed by atoms with Crippen molar-refractivity contribution in [3.8, 4) is 11.8 Å². The molecule has 8 heteroatoms. The second-order valence-electron chi connectivity index (χ2n) is 6.97. The maximum atomic E-state index is 12.4. The molecule has 0 aliphatic rings. The van der Waals surface area contributed by atoms with Crippen molar-refractivity contribution in [3.05, 3.63) is 107 Å². The van der Waals surface area contributed by atoms with Crippen LogP contribution in [0.25, 0.3) is 0 Å². The van der Waals surface area contributed by atoms with Gasteiger partial charge in [0.1, 0.15) is 24.2 Å². The minimum Gasteiger partial charge on any atom is -0.484 e. The maximum Gasteiger partial charge on any atom is 0.291 e. The van der Waals surface area contributed by atoms with E-state index in [4.69, 9.17) is 18.8 Å². The quantitative estimate of drug-likeness (QED) is 0.416. The molecule has 0 radical (unpaired) electrons. The molecule has 2 heterocycles. The second-order valence-corrected chi connectivity index (χ2v) is 6.97. The van der Waals surface area contributed by atoms with Gasteiger partial charge in [-0.1, -0.05) is 24.3 Å². The molecule has 0 aliphatic carbocycles. The normalized spacial score (nSPS) is 10.3. The summed E-state index contributed by atoms with van der Waals surface area (Å²) in [6.07, 6.45) is 1.43. The lowest BCUT2D eigenvalue weighted by molar-refractivity contribution is 0.0918. The van der Waals surface area contributed by atoms with E-state index in [-0.39, 0.29) is 36.5 Å². The molecule has 164 valence electrons. The average Bonchev–Trinajstić information content (AvgIpc) is 3.55. The van der Waals surface area contributed by atoms with E-state index in [1.54, 1.807) is 72.8 Å². The fourth-order valence-corrected chi connectivity index (χ4v) is 2.99. The molecule has 0 atom stereocenters. The monoisotopic (exact) mass is 441 g/mol. The van der Waals surface area contributed by atoms with Crippen LogP contribution in [0, 0.1) is 11.3 Å². The lowest BCUT2D eigenvalue weighted by Crippen LogP contribution is -2.22. The van der Waals surface area contributed by atoms with Crippen molar-refractivity contribution in [3.63, 3.8) is 0 Å². The van der Waals surface area contributed by atoms with Gasteiger partial charge in [0.2, 0.25) is 0 Å². The van der Waals surface area contributed by atoms with Crippen LogP contribution in [-0.2, 0) is 13.2 Å². The highest BCUT2D eigenvalue weighted by atomic mass is 16.5. The molecule has 0 saturated heterocycles. The third kappa shape index (κ3) is 5.48. The summed E-state index contributed by atoms with van der Waals surface area (Å²) in [4.78, 5) is 24.4. The molecule has 2 aromatic heterocycles. The summed E-state index contributed by atoms with van der Waals surface area (Å²) in [7, 11) is 0. The number of rotatable bonds is 8. The van der Waals surface area contributed by atoms with Gasteiger partial charge in [0, 0.05) is 12.2 Å². The number of anilines is 1. The summed E-state index contributed by atoms with van der Waals surface area (Å²) >= 11 is 0. The van der Waals surface area contributed by atoms with Gasteiger partial charge in [-0.2, -0.15) is 5.26 Å². The van der Waals surface area contributed by atoms with Crippen LogP contribution in [0.4, 0.5) is 5.69 Å². The minimum atomic E-state index is -0.367. The van der Waals surface area contributed by atoms with Crippen molar-refractivity contribution in [2.24, 2.45) is 0 Å². The molecule has 0 unspecified atom stereocenters. The van der Waals surface area contributed by atoms with Crippen LogP contribution in [0.2, 0.25) is 0 Å². The van der Waals surface area contributed by atoms with Crippen molar-refractivity contribution in [2.75, 3.05) is 5.32 Å². The molecule has 2 aromatic carbocycles. The van der Waals surface area contributed by atoms with Crippen molar-refractivity contribution in [1.29, 1.82) is 5.26 Å². The number of amides is 2. The van der Waals surface area contributed by atoms with E-state index in [1.165, 1.54) is 6.26 Å². The fourth-order valence-electron chi connectivity index (χ4n) is 2.99. The lowest BCUT2D eigenvalue weighted by Gasteiger charge is -2.07. The third-order valence-corrected chi connectivity index (χ3v) is 4.67. The highest BCUT2D eigenvalue weighted by molar-refractivity contribution is 6.02. The van der Waals surface area contributed by atoms with Crippen LogP contribution >= 0.6 is 0 Å². The molecule has 0 fully saturated rings. The SMILES string of the molecule is N#Cc1ccccc1OCc1ccc(C(=O)NCc2ccc(NC(=O)c3ccco3)cc2)o1. The Morgan fingerprint density at radius 1 is 0.909 bits per heavy atom. The number of benzene rings is 2. The summed E-state index contributed by atoms with van der Waals surface area (Å²) in [5.41, 5.74) is 1.89. The van der Waals surface area contributed by atoms with Crippen LogP contribution in [0.3, 0.4) is 0 Å². The molecule has 2 N–H and O–H groups in total. The van der Waals surface area contributed by atoms with Gasteiger partial charge in [0.15, 0.2) is 11.5 Å². The first-order valence-electron chi connectivity index (χ1n) is 10.0. The van der Waals surface area contributed by atoms with Crippen LogP contribution in [0.15, 0.2) is 87.9 Å². The van der Waals surface area contributed by atoms with Crippen molar-refractivity contribution < 1.29 is 23.2 Å². The predicted octanol–water partition coefficient (Wildman–Crippen LogP) is 4.51. The number of para-hydroxylation sites is 1. The van der Waals surface area contributed by atoms with Crippen molar-refractivity contribution in [1.82, 2.24) is 5.32 Å². The number of nitriles is 1. The molecular formula is C25H19N3O5. The highest BCUT2D eigenvalue weighted by Gasteiger charge is 2.13. The summed E-state index contributed by atoms with van der Waals surface area (Å²) in [6, 6.07) is 22.5. The van der Waals surface area contributed by atoms with Crippen LogP contribution in [0.1, 0.15) is 38.0 Å². The number of nitrogens with zero attached hydrogens (tertiary/aromatic N) is 1. The molecule has 0 bridgehead atoms. The van der Waals surface area contributed by atoms with Crippen LogP contribution in [-0.4, -0.2) is 11.8 Å². The van der Waals surface area contributed by atoms with Gasteiger partial charge >= 0.3 is 0 Å². The Bertz CT molecular complexity index is 1280. The van der Waals surface area contributed by atoms with Gasteiger partial charge in [-0.25, -0.2) is 0 Å². The maximum absolute atomic E-state index is 12.4. The molecular weight excluding hydrogens is 422 g/mol. The van der Waals surface area contributed by atoms with Gasteiger partial charge in [0.05, 0.1) is 11.8 Å². The zero-order chi connectivity index (χ0) is 23.0. The van der Waals surface area contributed by atoms with E-state index in [0.717, 1.165) is 5.56 Å². The van der Waals surface area contributed by atoms with Crippen molar-refractivity contribution in [2.45, 2.75) is 13.2 Å². The zero-order valence-corrected chi connectivity index (χ0v) is 17.4. The largest absolute Gasteiger partial charge is 0.484 e. The summed E-state index contributed by atoms with van der Waals surface area (Å²) in [5.74, 6) is 0.590. The molecule has 33 heavy (non-hydrogen) atoms. The first kappa shape index (κ1) is 21.5. The zero-order valence-electron chi connectivity index (χ0n) is 17.4. The number of carbonyl (C=O) groups is 2. The Morgan fingerprint density at radius 3 is 2.48 bits per heavy atom. The Morgan fingerprint density at radius 2 is 1.73 bits per heavy atom. The average molecular weight is 441 g/mol. The molecule has 0 saturated carbocycles. The number of ether oxygens (including phenoxy) is 1. The first-order chi connectivity index (χ1) is 16.1. The Kier molecular flexibility index (Phi) is 6.52. The Hall–Kier alpha value is -4.77. The Labute approximate surface area is 189 Å².